The molecule has 0 aromatic heterocycles. The fourth-order valence-corrected chi connectivity index (χ4v) is 3.10. The van der Waals surface area contributed by atoms with Crippen molar-refractivity contribution in [3.05, 3.63) is 29.3 Å². The Balaban J connectivity index is 0.00000264. The van der Waals surface area contributed by atoms with Crippen LogP contribution in [0.25, 0.3) is 0 Å². The summed E-state index contributed by atoms with van der Waals surface area (Å²) in [5.41, 5.74) is 7.86. The van der Waals surface area contributed by atoms with Crippen molar-refractivity contribution in [3.63, 3.8) is 0 Å². The second kappa shape index (κ2) is 9.26. The molecule has 1 aromatic carbocycles. The zero-order valence-electron chi connectivity index (χ0n) is 14.4. The van der Waals surface area contributed by atoms with Gasteiger partial charge in [0.2, 0.25) is 0 Å². The van der Waals surface area contributed by atoms with Gasteiger partial charge < -0.3 is 10.5 Å². The molecule has 1 aromatic rings. The van der Waals surface area contributed by atoms with Crippen molar-refractivity contribution in [2.45, 2.75) is 46.2 Å². The highest BCUT2D eigenvalue weighted by molar-refractivity contribution is 5.94. The van der Waals surface area contributed by atoms with Gasteiger partial charge in [-0.15, -0.1) is 12.4 Å². The number of likely N-dealkylation sites (tertiary alicyclic amines) is 1. The van der Waals surface area contributed by atoms with Gasteiger partial charge in [-0.25, -0.2) is 0 Å². The molecule has 0 radical (unpaired) electrons. The summed E-state index contributed by atoms with van der Waals surface area (Å²) < 4.78 is 5.71. The average molecular weight is 341 g/mol. The van der Waals surface area contributed by atoms with Gasteiger partial charge in [-0.05, 0) is 70.8 Å². The van der Waals surface area contributed by atoms with Crippen LogP contribution in [-0.2, 0) is 6.54 Å². The highest BCUT2D eigenvalue weighted by atomic mass is 35.5. The minimum Gasteiger partial charge on any atom is -0.494 e. The van der Waals surface area contributed by atoms with E-state index in [-0.39, 0.29) is 24.2 Å². The molecule has 0 spiro atoms. The van der Waals surface area contributed by atoms with Crippen LogP contribution in [0.1, 0.15) is 49.5 Å². The number of Topliss-reactive ketones (excluding diaryl/α,β-unsaturated/α-hetero) is 1. The van der Waals surface area contributed by atoms with Gasteiger partial charge in [0.1, 0.15) is 5.75 Å². The van der Waals surface area contributed by atoms with Crippen LogP contribution in [0.2, 0.25) is 0 Å². The molecule has 1 heterocycles. The Morgan fingerprint density at radius 3 is 2.57 bits per heavy atom. The van der Waals surface area contributed by atoms with Gasteiger partial charge in [0, 0.05) is 23.7 Å². The molecule has 0 bridgehead atoms. The van der Waals surface area contributed by atoms with Crippen LogP contribution in [0.3, 0.4) is 0 Å². The third-order valence-corrected chi connectivity index (χ3v) is 4.54. The van der Waals surface area contributed by atoms with Crippen molar-refractivity contribution >= 4 is 18.2 Å². The van der Waals surface area contributed by atoms with E-state index in [1.54, 1.807) is 6.92 Å². The van der Waals surface area contributed by atoms with Crippen molar-refractivity contribution in [2.24, 2.45) is 11.7 Å². The largest absolute Gasteiger partial charge is 0.494 e. The third kappa shape index (κ3) is 5.48. The molecule has 5 heteroatoms. The molecular formula is C18H29ClN2O2. The zero-order valence-corrected chi connectivity index (χ0v) is 15.2. The van der Waals surface area contributed by atoms with Gasteiger partial charge in [0.25, 0.3) is 0 Å². The zero-order chi connectivity index (χ0) is 16.1. The Morgan fingerprint density at radius 1 is 1.39 bits per heavy atom. The van der Waals surface area contributed by atoms with Crippen LogP contribution in [0.5, 0.6) is 5.75 Å². The molecule has 1 atom stereocenters. The molecule has 1 aliphatic rings. The van der Waals surface area contributed by atoms with E-state index >= 15 is 0 Å². The number of piperidine rings is 1. The molecule has 2 rings (SSSR count). The fourth-order valence-electron chi connectivity index (χ4n) is 3.10. The maximum atomic E-state index is 11.6. The number of benzene rings is 1. The number of nitrogens with zero attached hydrogens (tertiary/aromatic N) is 1. The van der Waals surface area contributed by atoms with Crippen molar-refractivity contribution in [3.8, 4) is 5.75 Å². The van der Waals surface area contributed by atoms with Crippen molar-refractivity contribution in [2.75, 3.05) is 19.7 Å². The number of hydrogen-bond acceptors (Lipinski definition) is 4. The maximum absolute atomic E-state index is 11.6. The van der Waals surface area contributed by atoms with Crippen LogP contribution in [0.15, 0.2) is 18.2 Å². The van der Waals surface area contributed by atoms with E-state index in [2.05, 4.69) is 11.8 Å². The SMILES string of the molecule is CCOc1ccc(C(C)=O)cc1CN1CCC(C(C)N)CC1.Cl. The van der Waals surface area contributed by atoms with E-state index in [1.165, 1.54) is 0 Å². The number of carbonyl (C=O) groups is 1. The Hall–Kier alpha value is -1.10. The Kier molecular flexibility index (Phi) is 8.03. The topological polar surface area (TPSA) is 55.6 Å². The van der Waals surface area contributed by atoms with Crippen molar-refractivity contribution < 1.29 is 9.53 Å². The second-order valence-electron chi connectivity index (χ2n) is 6.28. The first kappa shape index (κ1) is 19.9. The van der Waals surface area contributed by atoms with E-state index in [0.717, 1.165) is 49.4 Å². The van der Waals surface area contributed by atoms with Gasteiger partial charge >= 0.3 is 0 Å². The number of rotatable bonds is 6. The van der Waals surface area contributed by atoms with E-state index in [1.807, 2.05) is 25.1 Å². The normalized spacial score (nSPS) is 17.4. The number of ether oxygens (including phenoxy) is 1. The number of halogens is 1. The smallest absolute Gasteiger partial charge is 0.159 e. The molecule has 1 fully saturated rings. The lowest BCUT2D eigenvalue weighted by molar-refractivity contribution is 0.101. The molecule has 0 amide bonds. The van der Waals surface area contributed by atoms with Crippen molar-refractivity contribution in [1.29, 1.82) is 0 Å². The second-order valence-corrected chi connectivity index (χ2v) is 6.28. The lowest BCUT2D eigenvalue weighted by Crippen LogP contribution is -2.39. The number of nitrogens with two attached hydrogens (primary N) is 1. The van der Waals surface area contributed by atoms with Gasteiger partial charge in [0.05, 0.1) is 6.61 Å². The van der Waals surface area contributed by atoms with Crippen LogP contribution < -0.4 is 10.5 Å². The summed E-state index contributed by atoms with van der Waals surface area (Å²) in [6, 6.07) is 6.02. The minimum atomic E-state index is 0. The van der Waals surface area contributed by atoms with Gasteiger partial charge in [0.15, 0.2) is 5.78 Å². The van der Waals surface area contributed by atoms with E-state index in [4.69, 9.17) is 10.5 Å². The maximum Gasteiger partial charge on any atom is 0.159 e. The minimum absolute atomic E-state index is 0. The monoisotopic (exact) mass is 340 g/mol. The van der Waals surface area contributed by atoms with Gasteiger partial charge in [-0.3, -0.25) is 9.69 Å². The summed E-state index contributed by atoms with van der Waals surface area (Å²) >= 11 is 0. The van der Waals surface area contributed by atoms with Crippen LogP contribution in [0.4, 0.5) is 0 Å². The molecule has 1 saturated heterocycles. The summed E-state index contributed by atoms with van der Waals surface area (Å²) in [5.74, 6) is 1.62. The molecule has 23 heavy (non-hydrogen) atoms. The Labute approximate surface area is 145 Å². The fraction of sp³-hybridized carbons (Fsp3) is 0.611. The Bertz CT molecular complexity index is 512. The quantitative estimate of drug-likeness (QED) is 0.807. The summed E-state index contributed by atoms with van der Waals surface area (Å²) in [6.07, 6.45) is 2.29. The lowest BCUT2D eigenvalue weighted by atomic mass is 9.90. The van der Waals surface area contributed by atoms with Crippen LogP contribution in [-0.4, -0.2) is 36.4 Å². The molecule has 1 aliphatic heterocycles. The van der Waals surface area contributed by atoms with E-state index in [0.29, 0.717) is 12.5 Å². The summed E-state index contributed by atoms with van der Waals surface area (Å²) in [4.78, 5) is 14.0. The van der Waals surface area contributed by atoms with Crippen LogP contribution in [0, 0.1) is 5.92 Å². The molecule has 4 nitrogen and oxygen atoms in total. The molecule has 0 aliphatic carbocycles. The number of hydrogen-bond donors (Lipinski definition) is 1. The Morgan fingerprint density at radius 2 is 2.04 bits per heavy atom. The molecular weight excluding hydrogens is 312 g/mol. The third-order valence-electron chi connectivity index (χ3n) is 4.54. The van der Waals surface area contributed by atoms with E-state index < -0.39 is 0 Å². The predicted octanol–water partition coefficient (Wildman–Crippen LogP) is 3.27. The number of ketones is 1. The van der Waals surface area contributed by atoms with Crippen molar-refractivity contribution in [1.82, 2.24) is 4.90 Å². The van der Waals surface area contributed by atoms with Gasteiger partial charge in [-0.2, -0.15) is 0 Å². The van der Waals surface area contributed by atoms with Gasteiger partial charge in [-0.1, -0.05) is 0 Å². The molecule has 1 unspecified atom stereocenters. The summed E-state index contributed by atoms with van der Waals surface area (Å²) in [5, 5.41) is 0. The first-order chi connectivity index (χ1) is 10.5. The molecule has 130 valence electrons. The predicted molar refractivity (Wildman–Crippen MR) is 96.5 cm³/mol. The lowest BCUT2D eigenvalue weighted by Gasteiger charge is -2.34. The summed E-state index contributed by atoms with van der Waals surface area (Å²) in [7, 11) is 0. The number of carbonyl (C=O) groups excluding carboxylic acids is 1. The molecule has 0 saturated carbocycles. The van der Waals surface area contributed by atoms with E-state index in [9.17, 15) is 4.79 Å². The highest BCUT2D eigenvalue weighted by Crippen LogP contribution is 2.26. The standard InChI is InChI=1S/C18H28N2O2.ClH/c1-4-22-18-6-5-16(14(3)21)11-17(18)12-20-9-7-15(8-10-20)13(2)19;/h5-6,11,13,15H,4,7-10,12,19H2,1-3H3;1H. The average Bonchev–Trinajstić information content (AvgIpc) is 2.49. The molecule has 2 N–H and O–H groups in total. The first-order valence-corrected chi connectivity index (χ1v) is 8.25. The van der Waals surface area contributed by atoms with Crippen LogP contribution >= 0.6 is 12.4 Å². The highest BCUT2D eigenvalue weighted by Gasteiger charge is 2.22. The first-order valence-electron chi connectivity index (χ1n) is 8.25. The summed E-state index contributed by atoms with van der Waals surface area (Å²) in [6.45, 7) is 9.28.